The zero-order valence-electron chi connectivity index (χ0n) is 18.8. The summed E-state index contributed by atoms with van der Waals surface area (Å²) >= 11 is 0. The smallest absolute Gasteiger partial charge is 0.265 e. The minimum absolute atomic E-state index is 0.0909. The van der Waals surface area contributed by atoms with Gasteiger partial charge in [-0.2, -0.15) is 5.10 Å². The third-order valence-corrected chi connectivity index (χ3v) is 6.59. The quantitative estimate of drug-likeness (QED) is 0.417. The highest BCUT2D eigenvalue weighted by Crippen LogP contribution is 2.31. The predicted octanol–water partition coefficient (Wildman–Crippen LogP) is 3.95. The Hall–Kier alpha value is -4.18. The fraction of sp³-hybridized carbons (Fsp3) is 0.125. The van der Waals surface area contributed by atoms with Crippen molar-refractivity contribution in [3.63, 3.8) is 0 Å². The lowest BCUT2D eigenvalue weighted by Crippen LogP contribution is -2.17. The summed E-state index contributed by atoms with van der Waals surface area (Å²) in [5.74, 6) is -0.247. The molecule has 0 atom stereocenters. The van der Waals surface area contributed by atoms with E-state index in [4.69, 9.17) is 4.74 Å². The fourth-order valence-electron chi connectivity index (χ4n) is 3.46. The normalized spacial score (nSPS) is 11.1. The maximum atomic E-state index is 13.3. The van der Waals surface area contributed by atoms with E-state index in [1.54, 1.807) is 30.3 Å². The zero-order valence-corrected chi connectivity index (χ0v) is 19.6. The van der Waals surface area contributed by atoms with Crippen LogP contribution in [0.4, 0.5) is 11.4 Å². The lowest BCUT2D eigenvalue weighted by molar-refractivity contribution is 0.102. The summed E-state index contributed by atoms with van der Waals surface area (Å²) in [6, 6.07) is 16.8. The largest absolute Gasteiger partial charge is 0.495 e. The first kappa shape index (κ1) is 23.0. The highest BCUT2D eigenvalue weighted by Gasteiger charge is 2.22. The second-order valence-electron chi connectivity index (χ2n) is 7.58. The molecule has 1 aromatic heterocycles. The molecule has 2 N–H and O–H groups in total. The monoisotopic (exact) mass is 477 g/mol. The lowest BCUT2D eigenvalue weighted by atomic mass is 10.1. The minimum atomic E-state index is -4.01. The zero-order chi connectivity index (χ0) is 24.3. The fourth-order valence-corrected chi connectivity index (χ4v) is 4.86. The average Bonchev–Trinajstić information content (AvgIpc) is 3.37. The molecule has 0 saturated heterocycles. The standard InChI is InChI=1S/C24H23N5O4S/c1-16-6-4-7-17(2)23(16)28-34(31,32)22-13-19(10-11-21(22)33-3)27-24(30)18-8-5-9-20(12-18)29-15-25-14-26-29/h4-15,28H,1-3H3,(H,27,30). The number of para-hydroxylation sites is 1. The number of nitrogens with zero attached hydrogens (tertiary/aromatic N) is 3. The summed E-state index contributed by atoms with van der Waals surface area (Å²) in [5.41, 5.74) is 3.43. The van der Waals surface area contributed by atoms with Crippen molar-refractivity contribution in [3.8, 4) is 11.4 Å². The van der Waals surface area contributed by atoms with Gasteiger partial charge in [0.05, 0.1) is 18.5 Å². The van der Waals surface area contributed by atoms with Crippen molar-refractivity contribution in [1.29, 1.82) is 0 Å². The van der Waals surface area contributed by atoms with Crippen LogP contribution in [0.2, 0.25) is 0 Å². The third-order valence-electron chi connectivity index (χ3n) is 5.22. The number of carbonyl (C=O) groups is 1. The van der Waals surface area contributed by atoms with Crippen molar-refractivity contribution in [1.82, 2.24) is 14.8 Å². The molecule has 1 heterocycles. The SMILES string of the molecule is COc1ccc(NC(=O)c2cccc(-n3cncn3)c2)cc1S(=O)(=O)Nc1c(C)cccc1C. The number of methoxy groups -OCH3 is 1. The number of amides is 1. The molecule has 4 aromatic rings. The van der Waals surface area contributed by atoms with E-state index in [9.17, 15) is 13.2 Å². The van der Waals surface area contributed by atoms with Crippen LogP contribution in [0, 0.1) is 13.8 Å². The van der Waals surface area contributed by atoms with Gasteiger partial charge in [-0.3, -0.25) is 9.52 Å². The van der Waals surface area contributed by atoms with E-state index in [1.165, 1.54) is 36.6 Å². The Bertz CT molecular complexity index is 1430. The van der Waals surface area contributed by atoms with E-state index in [0.29, 0.717) is 22.6 Å². The summed E-state index contributed by atoms with van der Waals surface area (Å²) < 4.78 is 36.0. The van der Waals surface area contributed by atoms with Gasteiger partial charge in [-0.05, 0) is 61.4 Å². The molecule has 0 spiro atoms. The molecule has 0 aliphatic heterocycles. The number of rotatable bonds is 7. The molecule has 0 fully saturated rings. The number of anilines is 2. The summed E-state index contributed by atoms with van der Waals surface area (Å²) in [5, 5.41) is 6.81. The summed E-state index contributed by atoms with van der Waals surface area (Å²) in [4.78, 5) is 16.7. The van der Waals surface area contributed by atoms with Crippen LogP contribution in [0.25, 0.3) is 5.69 Å². The Morgan fingerprint density at radius 3 is 2.41 bits per heavy atom. The van der Waals surface area contributed by atoms with Gasteiger partial charge in [0.15, 0.2) is 0 Å². The Kier molecular flexibility index (Phi) is 6.33. The number of hydrogen-bond donors (Lipinski definition) is 2. The maximum Gasteiger partial charge on any atom is 0.265 e. The van der Waals surface area contributed by atoms with Gasteiger partial charge in [-0.1, -0.05) is 24.3 Å². The Morgan fingerprint density at radius 2 is 1.74 bits per heavy atom. The van der Waals surface area contributed by atoms with Crippen LogP contribution in [-0.2, 0) is 10.0 Å². The van der Waals surface area contributed by atoms with Crippen LogP contribution in [0.1, 0.15) is 21.5 Å². The van der Waals surface area contributed by atoms with Gasteiger partial charge >= 0.3 is 0 Å². The molecule has 0 aliphatic rings. The van der Waals surface area contributed by atoms with Crippen LogP contribution in [0.3, 0.4) is 0 Å². The highest BCUT2D eigenvalue weighted by molar-refractivity contribution is 7.92. The molecule has 4 rings (SSSR count). The highest BCUT2D eigenvalue weighted by atomic mass is 32.2. The topological polar surface area (TPSA) is 115 Å². The number of aromatic nitrogens is 3. The number of aryl methyl sites for hydroxylation is 2. The molecule has 9 nitrogen and oxygen atoms in total. The number of sulfonamides is 1. The van der Waals surface area contributed by atoms with Crippen LogP contribution in [0.5, 0.6) is 5.75 Å². The van der Waals surface area contributed by atoms with Crippen molar-refractivity contribution < 1.29 is 17.9 Å². The predicted molar refractivity (Wildman–Crippen MR) is 129 cm³/mol. The molecule has 0 unspecified atom stereocenters. The molecule has 34 heavy (non-hydrogen) atoms. The van der Waals surface area contributed by atoms with Crippen LogP contribution in [-0.4, -0.2) is 36.2 Å². The van der Waals surface area contributed by atoms with Crippen molar-refractivity contribution in [2.24, 2.45) is 0 Å². The molecule has 0 radical (unpaired) electrons. The van der Waals surface area contributed by atoms with Crippen molar-refractivity contribution in [2.75, 3.05) is 17.1 Å². The first-order valence-corrected chi connectivity index (χ1v) is 11.8. The van der Waals surface area contributed by atoms with Gasteiger partial charge < -0.3 is 10.1 Å². The molecule has 0 aliphatic carbocycles. The third kappa shape index (κ3) is 4.76. The first-order chi connectivity index (χ1) is 16.3. The second-order valence-corrected chi connectivity index (χ2v) is 9.23. The molecule has 0 bridgehead atoms. The van der Waals surface area contributed by atoms with Crippen LogP contribution in [0.15, 0.2) is 78.2 Å². The van der Waals surface area contributed by atoms with Gasteiger partial charge in [-0.25, -0.2) is 18.1 Å². The summed E-state index contributed by atoms with van der Waals surface area (Å²) in [6.07, 6.45) is 2.93. The molecule has 1 amide bonds. The molecule has 10 heteroatoms. The van der Waals surface area contributed by atoms with E-state index in [0.717, 1.165) is 11.1 Å². The molecular weight excluding hydrogens is 454 g/mol. The van der Waals surface area contributed by atoms with Gasteiger partial charge in [0.2, 0.25) is 0 Å². The molecule has 0 saturated carbocycles. The van der Waals surface area contributed by atoms with Crippen molar-refractivity contribution in [3.05, 3.63) is 90.0 Å². The molecule has 174 valence electrons. The number of benzene rings is 3. The van der Waals surface area contributed by atoms with Gasteiger partial charge in [0.1, 0.15) is 23.3 Å². The van der Waals surface area contributed by atoms with E-state index in [-0.39, 0.29) is 10.6 Å². The number of hydrogen-bond acceptors (Lipinski definition) is 6. The van der Waals surface area contributed by atoms with Gasteiger partial charge in [0.25, 0.3) is 15.9 Å². The van der Waals surface area contributed by atoms with E-state index < -0.39 is 15.9 Å². The van der Waals surface area contributed by atoms with Crippen molar-refractivity contribution >= 4 is 27.3 Å². The van der Waals surface area contributed by atoms with E-state index >= 15 is 0 Å². The van der Waals surface area contributed by atoms with Crippen LogP contribution >= 0.6 is 0 Å². The number of ether oxygens (including phenoxy) is 1. The minimum Gasteiger partial charge on any atom is -0.495 e. The summed E-state index contributed by atoms with van der Waals surface area (Å²) in [7, 11) is -2.62. The van der Waals surface area contributed by atoms with Gasteiger partial charge in [-0.15, -0.1) is 0 Å². The van der Waals surface area contributed by atoms with E-state index in [1.807, 2.05) is 32.0 Å². The summed E-state index contributed by atoms with van der Waals surface area (Å²) in [6.45, 7) is 3.65. The maximum absolute atomic E-state index is 13.3. The molecular formula is C24H23N5O4S. The second kappa shape index (κ2) is 9.36. The lowest BCUT2D eigenvalue weighted by Gasteiger charge is -2.16. The first-order valence-electron chi connectivity index (χ1n) is 10.3. The Balaban J connectivity index is 1.63. The van der Waals surface area contributed by atoms with Crippen molar-refractivity contribution in [2.45, 2.75) is 18.7 Å². The van der Waals surface area contributed by atoms with Gasteiger partial charge in [0, 0.05) is 11.3 Å². The van der Waals surface area contributed by atoms with E-state index in [2.05, 4.69) is 20.1 Å². The Morgan fingerprint density at radius 1 is 1.00 bits per heavy atom. The molecule has 3 aromatic carbocycles. The van der Waals surface area contributed by atoms with Crippen LogP contribution < -0.4 is 14.8 Å². The number of nitrogens with one attached hydrogen (secondary N) is 2. The average molecular weight is 478 g/mol. The Labute approximate surface area is 197 Å². The number of carbonyl (C=O) groups excluding carboxylic acids is 1.